The van der Waals surface area contributed by atoms with E-state index in [4.69, 9.17) is 17.3 Å². The average molecular weight is 315 g/mol. The number of nitrogens with two attached hydrogens (primary N) is 1. The van der Waals surface area contributed by atoms with Crippen LogP contribution in [-0.2, 0) is 0 Å². The summed E-state index contributed by atoms with van der Waals surface area (Å²) in [5.41, 5.74) is 6.96. The lowest BCUT2D eigenvalue weighted by Crippen LogP contribution is -2.09. The highest BCUT2D eigenvalue weighted by Gasteiger charge is 2.15. The third-order valence-electron chi connectivity index (χ3n) is 2.46. The lowest BCUT2D eigenvalue weighted by Gasteiger charge is -2.13. The van der Waals surface area contributed by atoms with Crippen LogP contribution in [0.15, 0.2) is 28.6 Å². The predicted molar refractivity (Wildman–Crippen MR) is 83.3 cm³/mol. The van der Waals surface area contributed by atoms with Gasteiger partial charge in [0.15, 0.2) is 4.34 Å². The number of hydrogen-bond acceptors (Lipinski definition) is 6. The fraction of sp³-hybridized carbons (Fsp3) is 0.333. The number of rotatable bonds is 5. The molecule has 1 atom stereocenters. The minimum absolute atomic E-state index is 0.140. The molecule has 0 saturated carbocycles. The van der Waals surface area contributed by atoms with Gasteiger partial charge in [-0.3, -0.25) is 0 Å². The van der Waals surface area contributed by atoms with E-state index < -0.39 is 0 Å². The second-order valence-electron chi connectivity index (χ2n) is 4.14. The van der Waals surface area contributed by atoms with Crippen LogP contribution < -0.4 is 10.6 Å². The van der Waals surface area contributed by atoms with E-state index in [9.17, 15) is 0 Å². The molecule has 1 aromatic carbocycles. The Balaban J connectivity index is 2.14. The van der Waals surface area contributed by atoms with Crippen LogP contribution >= 0.6 is 34.7 Å². The van der Waals surface area contributed by atoms with Crippen LogP contribution in [0.1, 0.15) is 10.8 Å². The van der Waals surface area contributed by atoms with Crippen molar-refractivity contribution in [1.82, 2.24) is 10.2 Å². The molecule has 0 aliphatic carbocycles. The zero-order chi connectivity index (χ0) is 13.8. The van der Waals surface area contributed by atoms with Gasteiger partial charge >= 0.3 is 0 Å². The number of aromatic nitrogens is 2. The summed E-state index contributed by atoms with van der Waals surface area (Å²) in [6.07, 6.45) is 0. The molecule has 1 heterocycles. The van der Waals surface area contributed by atoms with Crippen LogP contribution in [0.4, 0.5) is 5.13 Å². The molecule has 2 N–H and O–H groups in total. The van der Waals surface area contributed by atoms with Crippen LogP contribution in [-0.4, -0.2) is 30.8 Å². The molecule has 19 heavy (non-hydrogen) atoms. The van der Waals surface area contributed by atoms with Crippen LogP contribution in [0.5, 0.6) is 0 Å². The predicted octanol–water partition coefficient (Wildman–Crippen LogP) is 3.05. The van der Waals surface area contributed by atoms with E-state index in [1.165, 1.54) is 0 Å². The summed E-state index contributed by atoms with van der Waals surface area (Å²) in [6.45, 7) is 0.530. The maximum absolute atomic E-state index is 6.01. The zero-order valence-electron chi connectivity index (χ0n) is 10.7. The monoisotopic (exact) mass is 314 g/mol. The fourth-order valence-corrected chi connectivity index (χ4v) is 3.69. The van der Waals surface area contributed by atoms with Gasteiger partial charge in [-0.2, -0.15) is 0 Å². The summed E-state index contributed by atoms with van der Waals surface area (Å²) in [6, 6.07) is 7.77. The Morgan fingerprint density at radius 2 is 2.21 bits per heavy atom. The van der Waals surface area contributed by atoms with Gasteiger partial charge in [0.05, 0.1) is 0 Å². The summed E-state index contributed by atoms with van der Waals surface area (Å²) in [5.74, 6) is 0. The molecule has 0 saturated heterocycles. The number of halogens is 1. The SMILES string of the molecule is CN(C)c1nnc(SC(CN)c2cccc(Cl)c2)s1. The highest BCUT2D eigenvalue weighted by molar-refractivity contribution is 8.01. The van der Waals surface area contributed by atoms with Gasteiger partial charge in [0.1, 0.15) is 0 Å². The molecule has 2 rings (SSSR count). The van der Waals surface area contributed by atoms with Gasteiger partial charge in [0, 0.05) is 30.9 Å². The van der Waals surface area contributed by atoms with Crippen molar-refractivity contribution in [3.63, 3.8) is 0 Å². The number of nitrogens with zero attached hydrogens (tertiary/aromatic N) is 3. The maximum Gasteiger partial charge on any atom is 0.208 e. The molecular weight excluding hydrogens is 300 g/mol. The highest BCUT2D eigenvalue weighted by Crippen LogP contribution is 2.38. The van der Waals surface area contributed by atoms with E-state index in [0.29, 0.717) is 6.54 Å². The zero-order valence-corrected chi connectivity index (χ0v) is 13.1. The van der Waals surface area contributed by atoms with E-state index in [-0.39, 0.29) is 5.25 Å². The van der Waals surface area contributed by atoms with E-state index in [1.54, 1.807) is 23.1 Å². The molecule has 0 radical (unpaired) electrons. The van der Waals surface area contributed by atoms with Gasteiger partial charge in [-0.05, 0) is 17.7 Å². The van der Waals surface area contributed by atoms with Crippen molar-refractivity contribution in [2.75, 3.05) is 25.5 Å². The third kappa shape index (κ3) is 3.82. The second kappa shape index (κ2) is 6.56. The molecule has 0 aliphatic heterocycles. The summed E-state index contributed by atoms with van der Waals surface area (Å²) in [5, 5.41) is 10.1. The third-order valence-corrected chi connectivity index (χ3v) is 5.15. The topological polar surface area (TPSA) is 55.0 Å². The minimum Gasteiger partial charge on any atom is -0.353 e. The van der Waals surface area contributed by atoms with Crippen molar-refractivity contribution in [3.8, 4) is 0 Å². The Labute approximate surface area is 126 Å². The molecule has 4 nitrogen and oxygen atoms in total. The first-order valence-corrected chi connectivity index (χ1v) is 7.80. The number of benzene rings is 1. The number of hydrogen-bond donors (Lipinski definition) is 1. The maximum atomic E-state index is 6.01. The first kappa shape index (κ1) is 14.6. The summed E-state index contributed by atoms with van der Waals surface area (Å²) < 4.78 is 0.916. The Bertz CT molecular complexity index is 544. The van der Waals surface area contributed by atoms with Crippen LogP contribution in [0.3, 0.4) is 0 Å². The standard InChI is InChI=1S/C12H15ClN4S2/c1-17(2)11-15-16-12(19-11)18-10(7-14)8-4-3-5-9(13)6-8/h3-6,10H,7,14H2,1-2H3. The summed E-state index contributed by atoms with van der Waals surface area (Å²) >= 11 is 9.20. The molecule has 1 aromatic heterocycles. The second-order valence-corrected chi connectivity index (χ2v) is 6.98. The summed E-state index contributed by atoms with van der Waals surface area (Å²) in [7, 11) is 3.90. The lowest BCUT2D eigenvalue weighted by atomic mass is 10.1. The van der Waals surface area contributed by atoms with Crippen molar-refractivity contribution in [2.24, 2.45) is 5.73 Å². The fourth-order valence-electron chi connectivity index (χ4n) is 1.51. The van der Waals surface area contributed by atoms with Gasteiger partial charge in [0.2, 0.25) is 5.13 Å². The van der Waals surface area contributed by atoms with Crippen LogP contribution in [0.2, 0.25) is 5.02 Å². The molecule has 0 bridgehead atoms. The lowest BCUT2D eigenvalue weighted by molar-refractivity contribution is 0.927. The Morgan fingerprint density at radius 1 is 1.42 bits per heavy atom. The highest BCUT2D eigenvalue weighted by atomic mass is 35.5. The van der Waals surface area contributed by atoms with Gasteiger partial charge in [-0.1, -0.05) is 46.8 Å². The van der Waals surface area contributed by atoms with Crippen molar-refractivity contribution in [3.05, 3.63) is 34.9 Å². The molecule has 2 aromatic rings. The largest absolute Gasteiger partial charge is 0.353 e. The number of anilines is 1. The smallest absolute Gasteiger partial charge is 0.208 e. The molecule has 102 valence electrons. The molecule has 0 amide bonds. The van der Waals surface area contributed by atoms with E-state index in [2.05, 4.69) is 10.2 Å². The van der Waals surface area contributed by atoms with E-state index in [0.717, 1.165) is 20.1 Å². The van der Waals surface area contributed by atoms with Crippen molar-refractivity contribution in [1.29, 1.82) is 0 Å². The van der Waals surface area contributed by atoms with Gasteiger partial charge in [0.25, 0.3) is 0 Å². The first-order valence-electron chi connectivity index (χ1n) is 5.73. The van der Waals surface area contributed by atoms with Crippen molar-refractivity contribution >= 4 is 39.8 Å². The van der Waals surface area contributed by atoms with Gasteiger partial charge in [-0.25, -0.2) is 0 Å². The quantitative estimate of drug-likeness (QED) is 0.860. The molecule has 0 fully saturated rings. The minimum atomic E-state index is 0.140. The van der Waals surface area contributed by atoms with Gasteiger partial charge < -0.3 is 10.6 Å². The molecule has 1 unspecified atom stereocenters. The average Bonchev–Trinajstić information content (AvgIpc) is 2.84. The van der Waals surface area contributed by atoms with E-state index in [1.807, 2.05) is 43.3 Å². The Hall–Kier alpha value is -0.820. The van der Waals surface area contributed by atoms with Crippen molar-refractivity contribution in [2.45, 2.75) is 9.59 Å². The molecule has 0 aliphatic rings. The van der Waals surface area contributed by atoms with Crippen LogP contribution in [0.25, 0.3) is 0 Å². The molecule has 0 spiro atoms. The first-order chi connectivity index (χ1) is 9.10. The van der Waals surface area contributed by atoms with Gasteiger partial charge in [-0.15, -0.1) is 10.2 Å². The van der Waals surface area contributed by atoms with Crippen LogP contribution in [0, 0.1) is 0 Å². The molecular formula is C12H15ClN4S2. The Morgan fingerprint density at radius 3 is 2.79 bits per heavy atom. The molecule has 7 heteroatoms. The normalized spacial score (nSPS) is 12.4. The Kier molecular flexibility index (Phi) is 5.04. The number of thioether (sulfide) groups is 1. The van der Waals surface area contributed by atoms with Crippen molar-refractivity contribution < 1.29 is 0 Å². The van der Waals surface area contributed by atoms with E-state index >= 15 is 0 Å². The summed E-state index contributed by atoms with van der Waals surface area (Å²) in [4.78, 5) is 1.94.